The van der Waals surface area contributed by atoms with E-state index >= 15 is 0 Å². The van der Waals surface area contributed by atoms with Gasteiger partial charge in [-0.2, -0.15) is 0 Å². The van der Waals surface area contributed by atoms with Crippen molar-refractivity contribution >= 4 is 34.8 Å². The summed E-state index contributed by atoms with van der Waals surface area (Å²) in [5.41, 5.74) is 1.68. The summed E-state index contributed by atoms with van der Waals surface area (Å²) < 4.78 is 7.36. The van der Waals surface area contributed by atoms with E-state index in [4.69, 9.17) is 27.9 Å². The number of ether oxygens (including phenoxy) is 1. The third-order valence-electron chi connectivity index (χ3n) is 3.73. The number of amides is 1. The highest BCUT2D eigenvalue weighted by atomic mass is 35.5. The first kappa shape index (κ1) is 15.6. The van der Waals surface area contributed by atoms with E-state index in [-0.39, 0.29) is 18.1 Å². The van der Waals surface area contributed by atoms with Crippen LogP contribution in [0.15, 0.2) is 12.3 Å². The summed E-state index contributed by atoms with van der Waals surface area (Å²) in [6, 6.07) is 1.62. The predicted molar refractivity (Wildman–Crippen MR) is 85.9 cm³/mol. The fourth-order valence-electron chi connectivity index (χ4n) is 2.94. The zero-order valence-corrected chi connectivity index (χ0v) is 14.1. The van der Waals surface area contributed by atoms with Crippen molar-refractivity contribution in [2.45, 2.75) is 33.0 Å². The number of nitrogens with zero attached hydrogens (tertiary/aromatic N) is 3. The molecule has 0 aliphatic carbocycles. The Morgan fingerprint density at radius 2 is 1.95 bits per heavy atom. The van der Waals surface area contributed by atoms with E-state index in [9.17, 15) is 4.79 Å². The maximum atomic E-state index is 12.9. The molecular weight excluding hydrogens is 325 g/mol. The number of hydrogen-bond acceptors (Lipinski definition) is 3. The van der Waals surface area contributed by atoms with Crippen LogP contribution >= 0.6 is 23.2 Å². The summed E-state index contributed by atoms with van der Waals surface area (Å²) in [4.78, 5) is 19.1. The third kappa shape index (κ3) is 2.69. The minimum absolute atomic E-state index is 0.0133. The number of pyridine rings is 1. The van der Waals surface area contributed by atoms with Crippen molar-refractivity contribution in [3.05, 3.63) is 33.7 Å². The van der Waals surface area contributed by atoms with Gasteiger partial charge in [0.15, 0.2) is 5.65 Å². The molecule has 22 heavy (non-hydrogen) atoms. The van der Waals surface area contributed by atoms with Gasteiger partial charge in [-0.05, 0) is 26.8 Å². The molecule has 1 fully saturated rings. The van der Waals surface area contributed by atoms with Crippen LogP contribution in [0, 0.1) is 6.92 Å². The summed E-state index contributed by atoms with van der Waals surface area (Å²) >= 11 is 12.2. The zero-order valence-electron chi connectivity index (χ0n) is 12.6. The van der Waals surface area contributed by atoms with Gasteiger partial charge in [0.1, 0.15) is 5.69 Å². The topological polar surface area (TPSA) is 46.8 Å². The largest absolute Gasteiger partial charge is 0.372 e. The maximum absolute atomic E-state index is 12.9. The summed E-state index contributed by atoms with van der Waals surface area (Å²) in [7, 11) is 0. The second-order valence-corrected chi connectivity index (χ2v) is 6.56. The lowest BCUT2D eigenvalue weighted by Gasteiger charge is -2.35. The maximum Gasteiger partial charge on any atom is 0.272 e. The number of rotatable bonds is 1. The number of halogens is 2. The Morgan fingerprint density at radius 1 is 1.32 bits per heavy atom. The Bertz CT molecular complexity index is 734. The van der Waals surface area contributed by atoms with Crippen molar-refractivity contribution < 1.29 is 9.53 Å². The molecule has 0 aromatic carbocycles. The zero-order chi connectivity index (χ0) is 16.0. The third-order valence-corrected chi connectivity index (χ3v) is 4.21. The fraction of sp³-hybridized carbons (Fsp3) is 0.467. The number of aryl methyl sites for hydroxylation is 1. The molecule has 0 saturated carbocycles. The summed E-state index contributed by atoms with van der Waals surface area (Å²) in [5.74, 6) is -0.0784. The second kappa shape index (κ2) is 5.72. The van der Waals surface area contributed by atoms with Crippen LogP contribution in [-0.4, -0.2) is 45.5 Å². The average molecular weight is 342 g/mol. The average Bonchev–Trinajstić information content (AvgIpc) is 2.73. The standard InChI is InChI=1S/C15H17Cl2N3O2/c1-8-5-19(6-9(2)22-8)15(21)13-10(3)18-14-12(17)4-11(16)7-20(13)14/h4,7-9H,5-6H2,1-3H3. The molecule has 1 amide bonds. The Labute approximate surface area is 138 Å². The highest BCUT2D eigenvalue weighted by Gasteiger charge is 2.29. The van der Waals surface area contributed by atoms with Gasteiger partial charge in [0.05, 0.1) is 27.9 Å². The van der Waals surface area contributed by atoms with Crippen molar-refractivity contribution in [2.75, 3.05) is 13.1 Å². The first-order valence-electron chi connectivity index (χ1n) is 7.15. The molecule has 3 heterocycles. The van der Waals surface area contributed by atoms with Gasteiger partial charge in [0, 0.05) is 19.3 Å². The summed E-state index contributed by atoms with van der Waals surface area (Å²) in [6.07, 6.45) is 1.70. The molecule has 0 bridgehead atoms. The molecule has 0 spiro atoms. The fourth-order valence-corrected chi connectivity index (χ4v) is 3.45. The molecule has 2 unspecified atom stereocenters. The van der Waals surface area contributed by atoms with Crippen molar-refractivity contribution in [3.63, 3.8) is 0 Å². The van der Waals surface area contributed by atoms with E-state index in [0.717, 1.165) is 0 Å². The molecule has 7 heteroatoms. The van der Waals surface area contributed by atoms with E-state index in [1.54, 1.807) is 28.5 Å². The molecule has 0 radical (unpaired) electrons. The number of carbonyl (C=O) groups is 1. The van der Waals surface area contributed by atoms with Crippen LogP contribution in [0.2, 0.25) is 10.0 Å². The molecule has 2 aromatic heterocycles. The number of imidazole rings is 1. The SMILES string of the molecule is Cc1nc2c(Cl)cc(Cl)cn2c1C(=O)N1CC(C)OC(C)C1. The molecule has 118 valence electrons. The van der Waals surface area contributed by atoms with E-state index < -0.39 is 0 Å². The Kier molecular flexibility index (Phi) is 4.05. The lowest BCUT2D eigenvalue weighted by molar-refractivity contribution is -0.0587. The van der Waals surface area contributed by atoms with Gasteiger partial charge in [0.2, 0.25) is 0 Å². The van der Waals surface area contributed by atoms with Crippen LogP contribution in [-0.2, 0) is 4.74 Å². The first-order chi connectivity index (χ1) is 10.4. The lowest BCUT2D eigenvalue weighted by atomic mass is 10.2. The Balaban J connectivity index is 2.06. The van der Waals surface area contributed by atoms with E-state index in [1.807, 2.05) is 13.8 Å². The van der Waals surface area contributed by atoms with E-state index in [2.05, 4.69) is 4.98 Å². The number of aromatic nitrogens is 2. The van der Waals surface area contributed by atoms with Gasteiger partial charge in [-0.25, -0.2) is 4.98 Å². The van der Waals surface area contributed by atoms with Crippen LogP contribution in [0.25, 0.3) is 5.65 Å². The molecular formula is C15H17Cl2N3O2. The normalized spacial score (nSPS) is 22.3. The molecule has 2 atom stereocenters. The quantitative estimate of drug-likeness (QED) is 0.800. The van der Waals surface area contributed by atoms with E-state index in [0.29, 0.717) is 40.2 Å². The summed E-state index contributed by atoms with van der Waals surface area (Å²) in [5, 5.41) is 0.894. The first-order valence-corrected chi connectivity index (χ1v) is 7.91. The molecule has 0 N–H and O–H groups in total. The summed E-state index contributed by atoms with van der Waals surface area (Å²) in [6.45, 7) is 6.85. The van der Waals surface area contributed by atoms with Crippen LogP contribution in [0.1, 0.15) is 30.0 Å². The monoisotopic (exact) mass is 341 g/mol. The smallest absolute Gasteiger partial charge is 0.272 e. The number of hydrogen-bond donors (Lipinski definition) is 0. The van der Waals surface area contributed by atoms with Crippen LogP contribution in [0.3, 0.4) is 0 Å². The van der Waals surface area contributed by atoms with E-state index in [1.165, 1.54) is 0 Å². The van der Waals surface area contributed by atoms with Gasteiger partial charge in [-0.3, -0.25) is 9.20 Å². The number of fused-ring (bicyclic) bond motifs is 1. The molecule has 1 saturated heterocycles. The predicted octanol–water partition coefficient (Wildman–Crippen LogP) is 3.20. The Hall–Kier alpha value is -1.30. The van der Waals surface area contributed by atoms with Gasteiger partial charge < -0.3 is 9.64 Å². The van der Waals surface area contributed by atoms with Gasteiger partial charge in [0.25, 0.3) is 5.91 Å². The van der Waals surface area contributed by atoms with Crippen molar-refractivity contribution in [2.24, 2.45) is 0 Å². The molecule has 2 aromatic rings. The second-order valence-electron chi connectivity index (χ2n) is 5.71. The molecule has 1 aliphatic rings. The van der Waals surface area contributed by atoms with Gasteiger partial charge >= 0.3 is 0 Å². The van der Waals surface area contributed by atoms with Crippen molar-refractivity contribution in [1.82, 2.24) is 14.3 Å². The van der Waals surface area contributed by atoms with Crippen LogP contribution in [0.5, 0.6) is 0 Å². The van der Waals surface area contributed by atoms with Crippen LogP contribution < -0.4 is 0 Å². The Morgan fingerprint density at radius 3 is 2.59 bits per heavy atom. The van der Waals surface area contributed by atoms with Gasteiger partial charge in [-0.1, -0.05) is 23.2 Å². The van der Waals surface area contributed by atoms with Crippen molar-refractivity contribution in [3.8, 4) is 0 Å². The molecule has 3 rings (SSSR count). The highest BCUT2D eigenvalue weighted by Crippen LogP contribution is 2.25. The molecule has 5 nitrogen and oxygen atoms in total. The van der Waals surface area contributed by atoms with Gasteiger partial charge in [-0.15, -0.1) is 0 Å². The van der Waals surface area contributed by atoms with Crippen LogP contribution in [0.4, 0.5) is 0 Å². The highest BCUT2D eigenvalue weighted by molar-refractivity contribution is 6.36. The minimum Gasteiger partial charge on any atom is -0.372 e. The molecule has 1 aliphatic heterocycles. The van der Waals surface area contributed by atoms with Crippen molar-refractivity contribution in [1.29, 1.82) is 0 Å². The number of carbonyl (C=O) groups excluding carboxylic acids is 1. The lowest BCUT2D eigenvalue weighted by Crippen LogP contribution is -2.48. The minimum atomic E-state index is -0.0784. The number of morpholine rings is 1.